The summed E-state index contributed by atoms with van der Waals surface area (Å²) in [4.78, 5) is 28.8. The van der Waals surface area contributed by atoms with E-state index in [1.807, 2.05) is 12.1 Å². The molecule has 7 rings (SSSR count). The molecule has 8 heteroatoms. The first kappa shape index (κ1) is 21.4. The summed E-state index contributed by atoms with van der Waals surface area (Å²) in [5.74, 6) is -0.887. The molecule has 0 radical (unpaired) electrons. The zero-order valence-electron chi connectivity index (χ0n) is 19.5. The molecule has 1 N–H and O–H groups in total. The van der Waals surface area contributed by atoms with Gasteiger partial charge in [-0.05, 0) is 40.6 Å². The van der Waals surface area contributed by atoms with Crippen LogP contribution in [0.1, 0.15) is 33.2 Å². The zero-order chi connectivity index (χ0) is 24.6. The highest BCUT2D eigenvalue weighted by Gasteiger charge is 2.46. The van der Waals surface area contributed by atoms with Gasteiger partial charge in [0.25, 0.3) is 5.91 Å². The normalized spacial score (nSPS) is 20.1. The summed E-state index contributed by atoms with van der Waals surface area (Å²) >= 11 is 1.72. The summed E-state index contributed by atoms with van der Waals surface area (Å²) in [5.41, 5.74) is 6.22. The number of aryl methyl sites for hydroxylation is 1. The van der Waals surface area contributed by atoms with Gasteiger partial charge in [0.05, 0.1) is 19.3 Å². The van der Waals surface area contributed by atoms with E-state index < -0.39 is 17.3 Å². The fourth-order valence-electron chi connectivity index (χ4n) is 5.80. The number of benzene rings is 2. The van der Waals surface area contributed by atoms with Crippen molar-refractivity contribution in [1.82, 2.24) is 9.58 Å². The Kier molecular flexibility index (Phi) is 4.64. The van der Waals surface area contributed by atoms with Crippen LogP contribution in [0.25, 0.3) is 21.6 Å². The first-order chi connectivity index (χ1) is 17.5. The summed E-state index contributed by atoms with van der Waals surface area (Å²) in [6, 6.07) is 18.0. The number of hydrogen-bond acceptors (Lipinski definition) is 6. The third kappa shape index (κ3) is 2.88. The number of carbonyl (C=O) groups excluding carboxylic acids is 1. The van der Waals surface area contributed by atoms with Crippen LogP contribution < -0.4 is 10.4 Å². The molecule has 1 fully saturated rings. The van der Waals surface area contributed by atoms with E-state index in [0.29, 0.717) is 19.8 Å². The molecule has 1 saturated heterocycles. The molecule has 0 unspecified atom stereocenters. The van der Waals surface area contributed by atoms with Gasteiger partial charge in [0, 0.05) is 29.2 Å². The van der Waals surface area contributed by atoms with Crippen LogP contribution in [-0.4, -0.2) is 46.5 Å². The Morgan fingerprint density at radius 2 is 1.83 bits per heavy atom. The molecular weight excluding hydrogens is 474 g/mol. The molecule has 1 aliphatic carbocycles. The number of nitrogens with zero attached hydrogens (tertiary/aromatic N) is 3. The highest BCUT2D eigenvalue weighted by atomic mass is 32.1. The summed E-state index contributed by atoms with van der Waals surface area (Å²) < 4.78 is 7.55. The molecule has 0 spiro atoms. The smallest absolute Gasteiger partial charge is 0.278 e. The van der Waals surface area contributed by atoms with E-state index in [-0.39, 0.29) is 17.6 Å². The van der Waals surface area contributed by atoms with Crippen LogP contribution in [0.4, 0.5) is 0 Å². The van der Waals surface area contributed by atoms with Gasteiger partial charge in [-0.3, -0.25) is 19.3 Å². The van der Waals surface area contributed by atoms with Gasteiger partial charge in [-0.2, -0.15) is 0 Å². The third-order valence-corrected chi connectivity index (χ3v) is 8.35. The highest BCUT2D eigenvalue weighted by molar-refractivity contribution is 7.14. The van der Waals surface area contributed by atoms with Gasteiger partial charge in [0.1, 0.15) is 6.17 Å². The average molecular weight is 498 g/mol. The van der Waals surface area contributed by atoms with Crippen molar-refractivity contribution in [2.75, 3.05) is 24.8 Å². The van der Waals surface area contributed by atoms with Gasteiger partial charge in [-0.15, -0.1) is 11.3 Å². The van der Waals surface area contributed by atoms with Crippen molar-refractivity contribution in [3.05, 3.63) is 98.8 Å². The second-order valence-electron chi connectivity index (χ2n) is 9.40. The number of thiophene rings is 1. The quantitative estimate of drug-likeness (QED) is 0.428. The summed E-state index contributed by atoms with van der Waals surface area (Å²) in [7, 11) is 0. The number of carbonyl (C=O) groups is 1. The van der Waals surface area contributed by atoms with E-state index in [4.69, 9.17) is 4.74 Å². The highest BCUT2D eigenvalue weighted by Crippen LogP contribution is 2.50. The summed E-state index contributed by atoms with van der Waals surface area (Å²) in [5, 5.41) is 15.0. The minimum Gasteiger partial charge on any atom is -0.502 e. The largest absolute Gasteiger partial charge is 0.502 e. The van der Waals surface area contributed by atoms with E-state index in [0.717, 1.165) is 27.8 Å². The van der Waals surface area contributed by atoms with E-state index in [9.17, 15) is 14.7 Å². The van der Waals surface area contributed by atoms with Crippen molar-refractivity contribution in [1.29, 1.82) is 0 Å². The first-order valence-corrected chi connectivity index (χ1v) is 12.8. The molecule has 4 heterocycles. The predicted molar refractivity (Wildman–Crippen MR) is 138 cm³/mol. The minimum atomic E-state index is -0.569. The van der Waals surface area contributed by atoms with Gasteiger partial charge in [-0.25, -0.2) is 0 Å². The lowest BCUT2D eigenvalue weighted by Gasteiger charge is -2.51. The van der Waals surface area contributed by atoms with E-state index in [1.54, 1.807) is 27.1 Å². The van der Waals surface area contributed by atoms with Crippen LogP contribution >= 0.6 is 11.3 Å². The van der Waals surface area contributed by atoms with Crippen molar-refractivity contribution in [3.8, 4) is 27.3 Å². The molecule has 0 saturated carbocycles. The minimum absolute atomic E-state index is 0.00851. The number of rotatable bonds is 1. The molecule has 2 aliphatic heterocycles. The molecule has 1 amide bonds. The molecule has 0 bridgehead atoms. The van der Waals surface area contributed by atoms with Crippen LogP contribution in [0.15, 0.2) is 71.0 Å². The van der Waals surface area contributed by atoms with Crippen molar-refractivity contribution in [3.63, 3.8) is 0 Å². The lowest BCUT2D eigenvalue weighted by molar-refractivity contribution is -0.0196. The topological polar surface area (TPSA) is 75.0 Å². The van der Waals surface area contributed by atoms with Gasteiger partial charge in [0.15, 0.2) is 11.4 Å². The lowest BCUT2D eigenvalue weighted by Crippen LogP contribution is -2.66. The summed E-state index contributed by atoms with van der Waals surface area (Å²) in [6.07, 6.45) is 1.18. The number of ether oxygens (including phenoxy) is 1. The molecule has 2 aromatic carbocycles. The average Bonchev–Trinajstić information content (AvgIpc) is 3.35. The van der Waals surface area contributed by atoms with Crippen LogP contribution in [0.3, 0.4) is 0 Å². The second-order valence-corrected chi connectivity index (χ2v) is 10.3. The van der Waals surface area contributed by atoms with E-state index in [2.05, 4.69) is 53.7 Å². The van der Waals surface area contributed by atoms with Crippen molar-refractivity contribution >= 4 is 17.2 Å². The number of fused-ring (bicyclic) bond motifs is 7. The standard InChI is InChI=1S/C28H23N3O4S/c1-16-6-7-18-21(14-16)20-9-13-36-27(20)19-5-3-2-4-17(19)24(18)31-23-15-35-12-11-29(23)28(34)25-26(33)22(32)8-10-30(25)31/h2-10,13-14,23-24,33H,11-12,15H2,1H3/t23-,24-/m1/s1. The molecule has 2 atom stereocenters. The Balaban J connectivity index is 1.57. The van der Waals surface area contributed by atoms with Gasteiger partial charge in [-0.1, -0.05) is 48.0 Å². The number of morpholine rings is 1. The van der Waals surface area contributed by atoms with Crippen molar-refractivity contribution in [2.45, 2.75) is 19.1 Å². The maximum atomic E-state index is 13.5. The molecular formula is C28H23N3O4S. The first-order valence-electron chi connectivity index (χ1n) is 11.9. The lowest BCUT2D eigenvalue weighted by atomic mass is 9.91. The second kappa shape index (κ2) is 7.81. The Morgan fingerprint density at radius 1 is 1.00 bits per heavy atom. The van der Waals surface area contributed by atoms with Crippen LogP contribution in [0, 0.1) is 6.92 Å². The van der Waals surface area contributed by atoms with E-state index >= 15 is 0 Å². The van der Waals surface area contributed by atoms with Crippen molar-refractivity contribution < 1.29 is 14.6 Å². The number of hydrogen-bond donors (Lipinski definition) is 1. The molecule has 180 valence electrons. The van der Waals surface area contributed by atoms with E-state index in [1.165, 1.54) is 16.5 Å². The molecule has 4 aromatic rings. The third-order valence-electron chi connectivity index (χ3n) is 7.40. The Labute approximate surface area is 211 Å². The molecule has 36 heavy (non-hydrogen) atoms. The summed E-state index contributed by atoms with van der Waals surface area (Å²) in [6.45, 7) is 3.19. The maximum Gasteiger partial charge on any atom is 0.278 e. The monoisotopic (exact) mass is 497 g/mol. The maximum absolute atomic E-state index is 13.5. The van der Waals surface area contributed by atoms with Gasteiger partial charge < -0.3 is 14.7 Å². The fraction of sp³-hybridized carbons (Fsp3) is 0.214. The fourth-order valence-corrected chi connectivity index (χ4v) is 6.76. The number of aromatic nitrogens is 1. The molecule has 2 aromatic heterocycles. The predicted octanol–water partition coefficient (Wildman–Crippen LogP) is 4.11. The van der Waals surface area contributed by atoms with Gasteiger partial charge in [0.2, 0.25) is 5.43 Å². The number of aromatic hydroxyl groups is 1. The van der Waals surface area contributed by atoms with Crippen molar-refractivity contribution in [2.24, 2.45) is 0 Å². The van der Waals surface area contributed by atoms with Gasteiger partial charge >= 0.3 is 0 Å². The Hall–Kier alpha value is -3.88. The molecule has 3 aliphatic rings. The SMILES string of the molecule is Cc1ccc2c(c1)-c1ccsc1-c1ccccc1[C@H]2N1[C@@H]2COCCN2C(=O)c2c(O)c(=O)ccn21. The van der Waals surface area contributed by atoms with Crippen LogP contribution in [0.2, 0.25) is 0 Å². The zero-order valence-corrected chi connectivity index (χ0v) is 20.4. The molecule has 7 nitrogen and oxygen atoms in total. The van der Waals surface area contributed by atoms with Crippen LogP contribution in [-0.2, 0) is 4.74 Å². The van der Waals surface area contributed by atoms with Crippen LogP contribution in [0.5, 0.6) is 5.75 Å². The number of pyridine rings is 1. The Morgan fingerprint density at radius 3 is 2.72 bits per heavy atom. The number of amides is 1. The Bertz CT molecular complexity index is 1610.